The van der Waals surface area contributed by atoms with Crippen molar-refractivity contribution in [3.8, 4) is 0 Å². The van der Waals surface area contributed by atoms with Crippen LogP contribution in [0.25, 0.3) is 0 Å². The van der Waals surface area contributed by atoms with Gasteiger partial charge in [-0.05, 0) is 38.7 Å². The van der Waals surface area contributed by atoms with E-state index < -0.39 is 0 Å². The fourth-order valence-electron chi connectivity index (χ4n) is 1.93. The third kappa shape index (κ3) is 12.4. The first-order valence-electron chi connectivity index (χ1n) is 8.44. The van der Waals surface area contributed by atoms with E-state index in [1.807, 2.05) is 19.9 Å². The Labute approximate surface area is 135 Å². The Morgan fingerprint density at radius 3 is 2.18 bits per heavy atom. The summed E-state index contributed by atoms with van der Waals surface area (Å²) in [5.41, 5.74) is 1.12. The first-order chi connectivity index (χ1) is 10.5. The van der Waals surface area contributed by atoms with Crippen LogP contribution in [-0.4, -0.2) is 25.2 Å². The summed E-state index contributed by atoms with van der Waals surface area (Å²) in [6, 6.07) is 0. The van der Waals surface area contributed by atoms with Gasteiger partial charge in [-0.15, -0.1) is 0 Å². The molecule has 0 amide bonds. The highest BCUT2D eigenvalue weighted by Crippen LogP contribution is 2.13. The number of carbonyl (C=O) groups excluding carboxylic acids is 2. The minimum atomic E-state index is -0.264. The molecule has 0 spiro atoms. The summed E-state index contributed by atoms with van der Waals surface area (Å²) in [5.74, 6) is -0.0235. The van der Waals surface area contributed by atoms with Crippen LogP contribution in [-0.2, 0) is 19.1 Å². The van der Waals surface area contributed by atoms with Crippen LogP contribution in [0.5, 0.6) is 0 Å². The maximum atomic E-state index is 11.6. The van der Waals surface area contributed by atoms with E-state index in [2.05, 4.69) is 13.8 Å². The maximum Gasteiger partial charge on any atom is 0.306 e. The van der Waals surface area contributed by atoms with Gasteiger partial charge in [-0.1, -0.05) is 38.7 Å². The fourth-order valence-corrected chi connectivity index (χ4v) is 1.93. The monoisotopic (exact) mass is 312 g/mol. The number of hydrogen-bond donors (Lipinski definition) is 0. The molecule has 0 aromatic carbocycles. The van der Waals surface area contributed by atoms with Crippen LogP contribution in [0.15, 0.2) is 11.6 Å². The van der Waals surface area contributed by atoms with Crippen molar-refractivity contribution in [1.29, 1.82) is 0 Å². The van der Waals surface area contributed by atoms with Crippen molar-refractivity contribution in [1.82, 2.24) is 0 Å². The Hall–Kier alpha value is -1.32. The van der Waals surface area contributed by atoms with E-state index in [1.54, 1.807) is 0 Å². The van der Waals surface area contributed by atoms with Gasteiger partial charge in [-0.25, -0.2) is 0 Å². The van der Waals surface area contributed by atoms with Crippen molar-refractivity contribution < 1.29 is 19.1 Å². The van der Waals surface area contributed by atoms with Crippen LogP contribution in [0, 0.1) is 5.92 Å². The maximum absolute atomic E-state index is 11.6. The van der Waals surface area contributed by atoms with Gasteiger partial charge in [0, 0.05) is 12.8 Å². The molecular formula is C18H32O4. The van der Waals surface area contributed by atoms with Gasteiger partial charge >= 0.3 is 11.9 Å². The Kier molecular flexibility index (Phi) is 12.5. The molecule has 0 aliphatic heterocycles. The summed E-state index contributed by atoms with van der Waals surface area (Å²) in [6.07, 6.45) is 7.36. The van der Waals surface area contributed by atoms with Crippen LogP contribution in [0.3, 0.4) is 0 Å². The zero-order valence-electron chi connectivity index (χ0n) is 14.7. The molecule has 0 aromatic heterocycles. The van der Waals surface area contributed by atoms with E-state index in [4.69, 9.17) is 9.47 Å². The second-order valence-electron chi connectivity index (χ2n) is 5.92. The van der Waals surface area contributed by atoms with Gasteiger partial charge in [0.05, 0.1) is 6.61 Å². The average Bonchev–Trinajstić information content (AvgIpc) is 2.47. The van der Waals surface area contributed by atoms with Crippen LogP contribution in [0.4, 0.5) is 0 Å². The van der Waals surface area contributed by atoms with Gasteiger partial charge in [0.2, 0.25) is 0 Å². The largest absolute Gasteiger partial charge is 0.465 e. The summed E-state index contributed by atoms with van der Waals surface area (Å²) in [5, 5.41) is 0. The third-order valence-electron chi connectivity index (χ3n) is 3.52. The molecule has 0 heterocycles. The van der Waals surface area contributed by atoms with Crippen molar-refractivity contribution in [2.45, 2.75) is 72.6 Å². The molecule has 0 N–H and O–H groups in total. The first-order valence-corrected chi connectivity index (χ1v) is 8.44. The second kappa shape index (κ2) is 13.4. The van der Waals surface area contributed by atoms with Gasteiger partial charge in [0.1, 0.15) is 6.61 Å². The minimum Gasteiger partial charge on any atom is -0.465 e. The molecular weight excluding hydrogens is 280 g/mol. The molecule has 0 saturated heterocycles. The number of ether oxygens (including phenoxy) is 2. The van der Waals surface area contributed by atoms with Crippen LogP contribution >= 0.6 is 0 Å². The van der Waals surface area contributed by atoms with Crippen molar-refractivity contribution in [3.63, 3.8) is 0 Å². The topological polar surface area (TPSA) is 52.6 Å². The van der Waals surface area contributed by atoms with Crippen LogP contribution in [0.2, 0.25) is 0 Å². The summed E-state index contributed by atoms with van der Waals surface area (Å²) in [6.45, 7) is 9.00. The van der Waals surface area contributed by atoms with Crippen molar-refractivity contribution in [2.24, 2.45) is 5.92 Å². The lowest BCUT2D eigenvalue weighted by atomic mass is 10.0. The quantitative estimate of drug-likeness (QED) is 0.395. The molecule has 4 nitrogen and oxygen atoms in total. The summed E-state index contributed by atoms with van der Waals surface area (Å²) in [4.78, 5) is 23.1. The molecule has 0 aliphatic carbocycles. The standard InChI is InChI=1S/C18H32O4/c1-5-7-9-16(6-2)14-22-18(20)11-8-10-17(19)21-13-12-15(3)4/h12,16H,5-11,13-14H2,1-4H3. The Bertz CT molecular complexity index is 343. The summed E-state index contributed by atoms with van der Waals surface area (Å²) >= 11 is 0. The van der Waals surface area contributed by atoms with E-state index in [1.165, 1.54) is 12.8 Å². The van der Waals surface area contributed by atoms with Gasteiger partial charge in [-0.2, -0.15) is 0 Å². The first kappa shape index (κ1) is 20.7. The normalized spacial score (nSPS) is 11.6. The highest BCUT2D eigenvalue weighted by atomic mass is 16.5. The zero-order valence-corrected chi connectivity index (χ0v) is 14.7. The van der Waals surface area contributed by atoms with Gasteiger partial charge < -0.3 is 9.47 Å². The number of hydrogen-bond acceptors (Lipinski definition) is 4. The highest BCUT2D eigenvalue weighted by Gasteiger charge is 2.11. The number of unbranched alkanes of at least 4 members (excludes halogenated alkanes) is 1. The van der Waals surface area contributed by atoms with Crippen LogP contribution in [0.1, 0.15) is 72.6 Å². The average molecular weight is 312 g/mol. The lowest BCUT2D eigenvalue weighted by Gasteiger charge is -2.14. The van der Waals surface area contributed by atoms with Gasteiger partial charge in [-0.3, -0.25) is 9.59 Å². The molecule has 1 atom stereocenters. The van der Waals surface area contributed by atoms with E-state index >= 15 is 0 Å². The van der Waals surface area contributed by atoms with Gasteiger partial charge in [0.15, 0.2) is 0 Å². The molecule has 22 heavy (non-hydrogen) atoms. The predicted octanol–water partition coefficient (Wildman–Crippen LogP) is 4.43. The van der Waals surface area contributed by atoms with E-state index in [0.717, 1.165) is 18.4 Å². The summed E-state index contributed by atoms with van der Waals surface area (Å²) in [7, 11) is 0. The Balaban J connectivity index is 3.72. The Morgan fingerprint density at radius 1 is 1.00 bits per heavy atom. The fraction of sp³-hybridized carbons (Fsp3) is 0.778. The zero-order chi connectivity index (χ0) is 16.8. The number of esters is 2. The molecule has 0 radical (unpaired) electrons. The van der Waals surface area contributed by atoms with E-state index in [9.17, 15) is 9.59 Å². The number of carbonyl (C=O) groups is 2. The number of allylic oxidation sites excluding steroid dienone is 1. The smallest absolute Gasteiger partial charge is 0.306 e. The van der Waals surface area contributed by atoms with Gasteiger partial charge in [0.25, 0.3) is 0 Å². The molecule has 1 unspecified atom stereocenters. The van der Waals surface area contributed by atoms with Crippen LogP contribution < -0.4 is 0 Å². The van der Waals surface area contributed by atoms with E-state index in [-0.39, 0.29) is 24.8 Å². The third-order valence-corrected chi connectivity index (χ3v) is 3.52. The molecule has 0 fully saturated rings. The lowest BCUT2D eigenvalue weighted by Crippen LogP contribution is -2.14. The van der Waals surface area contributed by atoms with Crippen molar-refractivity contribution in [2.75, 3.05) is 13.2 Å². The molecule has 0 rings (SSSR count). The SMILES string of the molecule is CCCCC(CC)COC(=O)CCCC(=O)OCC=C(C)C. The van der Waals surface area contributed by atoms with Crippen molar-refractivity contribution in [3.05, 3.63) is 11.6 Å². The molecule has 0 saturated carbocycles. The van der Waals surface area contributed by atoms with E-state index in [0.29, 0.717) is 25.6 Å². The number of rotatable bonds is 12. The molecule has 128 valence electrons. The molecule has 0 aromatic rings. The predicted molar refractivity (Wildman–Crippen MR) is 88.5 cm³/mol. The Morgan fingerprint density at radius 2 is 1.64 bits per heavy atom. The molecule has 0 aliphatic rings. The lowest BCUT2D eigenvalue weighted by molar-refractivity contribution is -0.146. The molecule has 0 bridgehead atoms. The molecule has 4 heteroatoms. The van der Waals surface area contributed by atoms with Crippen molar-refractivity contribution >= 4 is 11.9 Å². The highest BCUT2D eigenvalue weighted by molar-refractivity contribution is 5.72. The summed E-state index contributed by atoms with van der Waals surface area (Å²) < 4.78 is 10.3. The second-order valence-corrected chi connectivity index (χ2v) is 5.92. The minimum absolute atomic E-state index is 0.216.